The average Bonchev–Trinajstić information content (AvgIpc) is 3.17. The number of anilines is 1. The van der Waals surface area contributed by atoms with E-state index in [9.17, 15) is 0 Å². The Labute approximate surface area is 138 Å². The molecule has 23 heavy (non-hydrogen) atoms. The van der Waals surface area contributed by atoms with Gasteiger partial charge in [-0.25, -0.2) is 9.97 Å². The lowest BCUT2D eigenvalue weighted by molar-refractivity contribution is 0.533. The fraction of sp³-hybridized carbons (Fsp3) is 0.222. The van der Waals surface area contributed by atoms with Crippen LogP contribution in [-0.2, 0) is 6.54 Å². The van der Waals surface area contributed by atoms with Crippen molar-refractivity contribution in [2.24, 2.45) is 5.92 Å². The molecule has 4 rings (SSSR count). The third-order valence-corrected chi connectivity index (χ3v) is 4.67. The molecular formula is C18H18N4S. The third kappa shape index (κ3) is 2.37. The molecule has 2 N–H and O–H groups in total. The summed E-state index contributed by atoms with van der Waals surface area (Å²) in [6, 6.07) is 8.49. The summed E-state index contributed by atoms with van der Waals surface area (Å²) in [6.45, 7) is 5.32. The van der Waals surface area contributed by atoms with Crippen molar-refractivity contribution in [1.29, 1.82) is 0 Å². The van der Waals surface area contributed by atoms with Crippen LogP contribution in [0.3, 0.4) is 0 Å². The number of hydrogen-bond donors (Lipinski definition) is 1. The van der Waals surface area contributed by atoms with Gasteiger partial charge in [0.2, 0.25) is 0 Å². The summed E-state index contributed by atoms with van der Waals surface area (Å²) in [5, 5.41) is 5.37. The molecule has 3 aromatic heterocycles. The Morgan fingerprint density at radius 2 is 2.09 bits per heavy atom. The van der Waals surface area contributed by atoms with E-state index < -0.39 is 0 Å². The van der Waals surface area contributed by atoms with Gasteiger partial charge in [0, 0.05) is 11.9 Å². The van der Waals surface area contributed by atoms with Gasteiger partial charge in [0.05, 0.1) is 17.4 Å². The number of rotatable bonds is 3. The van der Waals surface area contributed by atoms with E-state index in [2.05, 4.69) is 57.3 Å². The van der Waals surface area contributed by atoms with Crippen LogP contribution in [0.1, 0.15) is 13.8 Å². The zero-order valence-corrected chi connectivity index (χ0v) is 14.0. The van der Waals surface area contributed by atoms with Crippen LogP contribution in [0, 0.1) is 5.92 Å². The molecule has 4 nitrogen and oxygen atoms in total. The van der Waals surface area contributed by atoms with Gasteiger partial charge in [-0.3, -0.25) is 0 Å². The second-order valence-electron chi connectivity index (χ2n) is 6.23. The van der Waals surface area contributed by atoms with Crippen molar-refractivity contribution in [3.05, 3.63) is 41.4 Å². The van der Waals surface area contributed by atoms with Crippen LogP contribution < -0.4 is 5.73 Å². The van der Waals surface area contributed by atoms with Crippen molar-refractivity contribution in [3.63, 3.8) is 0 Å². The molecule has 0 saturated carbocycles. The van der Waals surface area contributed by atoms with E-state index in [0.29, 0.717) is 11.7 Å². The lowest BCUT2D eigenvalue weighted by Gasteiger charge is -2.10. The molecule has 0 fully saturated rings. The van der Waals surface area contributed by atoms with Crippen molar-refractivity contribution in [2.75, 3.05) is 5.73 Å². The van der Waals surface area contributed by atoms with Gasteiger partial charge < -0.3 is 10.3 Å². The van der Waals surface area contributed by atoms with E-state index >= 15 is 0 Å². The molecule has 0 unspecified atom stereocenters. The molecule has 3 heterocycles. The first-order valence-corrected chi connectivity index (χ1v) is 8.64. The van der Waals surface area contributed by atoms with Gasteiger partial charge in [0.1, 0.15) is 5.52 Å². The molecule has 0 aliphatic carbocycles. The Morgan fingerprint density at radius 3 is 2.83 bits per heavy atom. The van der Waals surface area contributed by atoms with Crippen LogP contribution in [0.5, 0.6) is 0 Å². The molecule has 116 valence electrons. The maximum absolute atomic E-state index is 6.11. The normalized spacial score (nSPS) is 11.8. The fourth-order valence-corrected chi connectivity index (χ4v) is 3.66. The summed E-state index contributed by atoms with van der Waals surface area (Å²) in [5.74, 6) is 1.04. The molecule has 4 aromatic rings. The van der Waals surface area contributed by atoms with Crippen molar-refractivity contribution in [3.8, 4) is 11.1 Å². The molecule has 0 amide bonds. The number of nitrogens with zero attached hydrogens (tertiary/aromatic N) is 3. The molecule has 1 aromatic carbocycles. The number of nitrogens with two attached hydrogens (primary N) is 1. The topological polar surface area (TPSA) is 56.7 Å². The first-order chi connectivity index (χ1) is 11.1. The maximum Gasteiger partial charge on any atom is 0.152 e. The minimum Gasteiger partial charge on any atom is -0.382 e. The monoisotopic (exact) mass is 322 g/mol. The highest BCUT2D eigenvalue weighted by Crippen LogP contribution is 2.32. The van der Waals surface area contributed by atoms with Gasteiger partial charge in [-0.2, -0.15) is 11.3 Å². The molecule has 0 bridgehead atoms. The van der Waals surface area contributed by atoms with Crippen molar-refractivity contribution >= 4 is 39.1 Å². The summed E-state index contributed by atoms with van der Waals surface area (Å²) in [5.41, 5.74) is 11.3. The van der Waals surface area contributed by atoms with E-state index in [0.717, 1.165) is 28.5 Å². The number of nitrogen functional groups attached to an aromatic ring is 1. The Morgan fingerprint density at radius 1 is 1.22 bits per heavy atom. The van der Waals surface area contributed by atoms with Gasteiger partial charge in [-0.1, -0.05) is 19.9 Å². The standard InChI is InChI=1S/C18H18N4S/c1-11(2)8-22-10-20-16-17(22)14-7-12(13-5-6-23-9-13)3-4-15(14)21-18(16)19/h3-7,9-11H,8H2,1-2H3,(H2,19,21). The van der Waals surface area contributed by atoms with E-state index in [1.54, 1.807) is 11.3 Å². The Bertz CT molecular complexity index is 983. The first-order valence-electron chi connectivity index (χ1n) is 7.70. The van der Waals surface area contributed by atoms with Crippen molar-refractivity contribution < 1.29 is 0 Å². The number of hydrogen-bond acceptors (Lipinski definition) is 4. The number of imidazole rings is 1. The molecule has 0 aliphatic rings. The maximum atomic E-state index is 6.11. The van der Waals surface area contributed by atoms with E-state index in [-0.39, 0.29) is 0 Å². The molecule has 0 spiro atoms. The van der Waals surface area contributed by atoms with Gasteiger partial charge >= 0.3 is 0 Å². The van der Waals surface area contributed by atoms with Crippen molar-refractivity contribution in [1.82, 2.24) is 14.5 Å². The predicted octanol–water partition coefficient (Wildman–Crippen LogP) is 4.55. The highest BCUT2D eigenvalue weighted by atomic mass is 32.1. The summed E-state index contributed by atoms with van der Waals surface area (Å²) >= 11 is 1.71. The molecule has 5 heteroatoms. The number of fused-ring (bicyclic) bond motifs is 3. The lowest BCUT2D eigenvalue weighted by atomic mass is 10.0. The fourth-order valence-electron chi connectivity index (χ4n) is 3.00. The Hall–Kier alpha value is -2.40. The van der Waals surface area contributed by atoms with Gasteiger partial charge in [0.25, 0.3) is 0 Å². The van der Waals surface area contributed by atoms with E-state index in [1.165, 1.54) is 11.1 Å². The van der Waals surface area contributed by atoms with Crippen molar-refractivity contribution in [2.45, 2.75) is 20.4 Å². The quantitative estimate of drug-likeness (QED) is 0.602. The lowest BCUT2D eigenvalue weighted by Crippen LogP contribution is -2.03. The summed E-state index contributed by atoms with van der Waals surface area (Å²) in [6.07, 6.45) is 1.87. The summed E-state index contributed by atoms with van der Waals surface area (Å²) in [4.78, 5) is 9.01. The van der Waals surface area contributed by atoms with Crippen LogP contribution in [0.2, 0.25) is 0 Å². The second kappa shape index (κ2) is 5.35. The minimum absolute atomic E-state index is 0.498. The molecule has 0 saturated heterocycles. The van der Waals surface area contributed by atoms with Crippen LogP contribution in [-0.4, -0.2) is 14.5 Å². The number of benzene rings is 1. The predicted molar refractivity (Wildman–Crippen MR) is 97.6 cm³/mol. The van der Waals surface area contributed by atoms with Gasteiger partial charge in [-0.05, 0) is 46.0 Å². The number of aromatic nitrogens is 3. The highest BCUT2D eigenvalue weighted by molar-refractivity contribution is 7.08. The van der Waals surface area contributed by atoms with Crippen LogP contribution in [0.15, 0.2) is 41.4 Å². The minimum atomic E-state index is 0.498. The smallest absolute Gasteiger partial charge is 0.152 e. The molecule has 0 aliphatic heterocycles. The second-order valence-corrected chi connectivity index (χ2v) is 7.01. The zero-order valence-electron chi connectivity index (χ0n) is 13.2. The van der Waals surface area contributed by atoms with E-state index in [1.807, 2.05) is 12.4 Å². The molecule has 0 radical (unpaired) electrons. The Balaban J connectivity index is 2.04. The van der Waals surface area contributed by atoms with Crippen LogP contribution >= 0.6 is 11.3 Å². The van der Waals surface area contributed by atoms with Gasteiger partial charge in [0.15, 0.2) is 5.82 Å². The molecule has 0 atom stereocenters. The summed E-state index contributed by atoms with van der Waals surface area (Å²) in [7, 11) is 0. The zero-order chi connectivity index (χ0) is 16.0. The van der Waals surface area contributed by atoms with Crippen LogP contribution in [0.25, 0.3) is 33.1 Å². The molecular weight excluding hydrogens is 304 g/mol. The van der Waals surface area contributed by atoms with E-state index in [4.69, 9.17) is 5.73 Å². The largest absolute Gasteiger partial charge is 0.382 e. The summed E-state index contributed by atoms with van der Waals surface area (Å²) < 4.78 is 2.19. The average molecular weight is 322 g/mol. The number of pyridine rings is 1. The van der Waals surface area contributed by atoms with Crippen LogP contribution in [0.4, 0.5) is 5.82 Å². The first kappa shape index (κ1) is 14.2. The SMILES string of the molecule is CC(C)Cn1cnc2c(N)nc3ccc(-c4ccsc4)cc3c21. The highest BCUT2D eigenvalue weighted by Gasteiger charge is 2.14. The third-order valence-electron chi connectivity index (χ3n) is 3.99. The Kier molecular flexibility index (Phi) is 3.31. The number of thiophene rings is 1. The van der Waals surface area contributed by atoms with Gasteiger partial charge in [-0.15, -0.1) is 0 Å².